The van der Waals surface area contributed by atoms with Crippen LogP contribution in [0.1, 0.15) is 40.2 Å². The molecule has 108 valence electrons. The number of halogens is 1. The van der Waals surface area contributed by atoms with Crippen LogP contribution in [0.5, 0.6) is 0 Å². The Morgan fingerprint density at radius 1 is 1.26 bits per heavy atom. The fourth-order valence-electron chi connectivity index (χ4n) is 2.13. The summed E-state index contributed by atoms with van der Waals surface area (Å²) in [5, 5.41) is 3.42. The first-order valence-corrected chi connectivity index (χ1v) is 6.94. The molecule has 0 radical (unpaired) electrons. The third-order valence-electron chi connectivity index (χ3n) is 2.90. The normalized spacial score (nSPS) is 12.0. The van der Waals surface area contributed by atoms with Gasteiger partial charge in [0.15, 0.2) is 0 Å². The molecule has 1 N–H and O–H groups in total. The lowest BCUT2D eigenvalue weighted by molar-refractivity contribution is 0.423. The summed E-state index contributed by atoms with van der Waals surface area (Å²) < 4.78 is 14.1. The van der Waals surface area contributed by atoms with Gasteiger partial charge in [-0.1, -0.05) is 26.0 Å². The van der Waals surface area contributed by atoms with Gasteiger partial charge in [0.25, 0.3) is 0 Å². The van der Waals surface area contributed by atoms with Crippen molar-refractivity contribution in [2.45, 2.75) is 46.7 Å². The van der Waals surface area contributed by atoms with Gasteiger partial charge in [0, 0.05) is 25.7 Å². The van der Waals surface area contributed by atoms with E-state index < -0.39 is 0 Å². The van der Waals surface area contributed by atoms with E-state index in [1.54, 1.807) is 6.07 Å². The summed E-state index contributed by atoms with van der Waals surface area (Å²) in [5.74, 6) is 0.365. The van der Waals surface area contributed by atoms with Crippen LogP contribution in [-0.4, -0.2) is 19.1 Å². The molecule has 1 rings (SSSR count). The molecule has 0 bridgehead atoms. The molecule has 0 atom stereocenters. The maximum Gasteiger partial charge on any atom is 0.146 e. The van der Waals surface area contributed by atoms with Gasteiger partial charge >= 0.3 is 0 Å². The number of rotatable bonds is 5. The third-order valence-corrected chi connectivity index (χ3v) is 2.90. The topological polar surface area (TPSA) is 15.3 Å². The maximum absolute atomic E-state index is 14.1. The molecule has 0 unspecified atom stereocenters. The first-order valence-electron chi connectivity index (χ1n) is 6.94. The molecule has 0 aliphatic heterocycles. The SMILES string of the molecule is CC(C)CN(C)c1c(F)cccc1CNC(C)(C)C. The van der Waals surface area contributed by atoms with Gasteiger partial charge in [-0.3, -0.25) is 0 Å². The van der Waals surface area contributed by atoms with Crippen molar-refractivity contribution in [1.29, 1.82) is 0 Å². The molecule has 0 heterocycles. The molecule has 1 aromatic rings. The number of para-hydroxylation sites is 1. The lowest BCUT2D eigenvalue weighted by atomic mass is 10.1. The van der Waals surface area contributed by atoms with E-state index in [-0.39, 0.29) is 11.4 Å². The summed E-state index contributed by atoms with van der Waals surface area (Å²) in [7, 11) is 1.96. The van der Waals surface area contributed by atoms with E-state index >= 15 is 0 Å². The van der Waals surface area contributed by atoms with Crippen molar-refractivity contribution >= 4 is 5.69 Å². The zero-order valence-electron chi connectivity index (χ0n) is 13.0. The molecule has 0 amide bonds. The van der Waals surface area contributed by atoms with Gasteiger partial charge in [-0.05, 0) is 38.3 Å². The Balaban J connectivity index is 2.95. The summed E-state index contributed by atoms with van der Waals surface area (Å²) in [5.41, 5.74) is 1.76. The van der Waals surface area contributed by atoms with E-state index in [9.17, 15) is 4.39 Å². The van der Waals surface area contributed by atoms with Crippen LogP contribution < -0.4 is 10.2 Å². The summed E-state index contributed by atoms with van der Waals surface area (Å²) in [6.07, 6.45) is 0. The highest BCUT2D eigenvalue weighted by atomic mass is 19.1. The van der Waals surface area contributed by atoms with Crippen molar-refractivity contribution in [2.24, 2.45) is 5.92 Å². The Bertz CT molecular complexity index is 408. The molecule has 0 spiro atoms. The predicted molar refractivity (Wildman–Crippen MR) is 81.1 cm³/mol. The standard InChI is InChI=1S/C16H27FN2/c1-12(2)11-19(6)15-13(8-7-9-14(15)17)10-18-16(3,4)5/h7-9,12,18H,10-11H2,1-6H3. The molecular formula is C16H27FN2. The minimum atomic E-state index is -0.142. The molecule has 3 heteroatoms. The van der Waals surface area contributed by atoms with Crippen LogP contribution in [0, 0.1) is 11.7 Å². The van der Waals surface area contributed by atoms with Crippen molar-refractivity contribution in [3.63, 3.8) is 0 Å². The fraction of sp³-hybridized carbons (Fsp3) is 0.625. The lowest BCUT2D eigenvalue weighted by Crippen LogP contribution is -2.36. The minimum Gasteiger partial charge on any atom is -0.372 e. The van der Waals surface area contributed by atoms with E-state index in [1.165, 1.54) is 6.07 Å². The van der Waals surface area contributed by atoms with E-state index in [1.807, 2.05) is 18.0 Å². The number of nitrogens with one attached hydrogen (secondary N) is 1. The van der Waals surface area contributed by atoms with Gasteiger partial charge in [-0.2, -0.15) is 0 Å². The van der Waals surface area contributed by atoms with Crippen molar-refractivity contribution in [3.8, 4) is 0 Å². The Hall–Kier alpha value is -1.09. The highest BCUT2D eigenvalue weighted by Crippen LogP contribution is 2.24. The molecule has 0 fully saturated rings. The van der Waals surface area contributed by atoms with Crippen LogP contribution in [0.3, 0.4) is 0 Å². The predicted octanol–water partition coefficient (Wildman–Crippen LogP) is 3.81. The Labute approximate surface area is 117 Å². The number of hydrogen-bond donors (Lipinski definition) is 1. The number of nitrogens with zero attached hydrogens (tertiary/aromatic N) is 1. The van der Waals surface area contributed by atoms with E-state index in [0.29, 0.717) is 18.2 Å². The van der Waals surface area contributed by atoms with Crippen molar-refractivity contribution in [1.82, 2.24) is 5.32 Å². The molecule has 19 heavy (non-hydrogen) atoms. The van der Waals surface area contributed by atoms with Gasteiger partial charge in [-0.15, -0.1) is 0 Å². The zero-order chi connectivity index (χ0) is 14.6. The van der Waals surface area contributed by atoms with Crippen LogP contribution >= 0.6 is 0 Å². The highest BCUT2D eigenvalue weighted by Gasteiger charge is 2.16. The molecule has 1 aromatic carbocycles. The summed E-state index contributed by atoms with van der Waals surface area (Å²) in [6, 6.07) is 5.31. The first kappa shape index (κ1) is 16.0. The quantitative estimate of drug-likeness (QED) is 0.872. The number of benzene rings is 1. The molecule has 0 aromatic heterocycles. The Kier molecular flexibility index (Phi) is 5.36. The summed E-state index contributed by atoms with van der Waals surface area (Å²) >= 11 is 0. The molecule has 2 nitrogen and oxygen atoms in total. The maximum atomic E-state index is 14.1. The van der Waals surface area contributed by atoms with Gasteiger partial charge in [0.1, 0.15) is 5.82 Å². The van der Waals surface area contributed by atoms with Gasteiger partial charge in [0.2, 0.25) is 0 Å². The second-order valence-corrected chi connectivity index (χ2v) is 6.63. The van der Waals surface area contributed by atoms with E-state index in [0.717, 1.165) is 12.1 Å². The van der Waals surface area contributed by atoms with Crippen LogP contribution in [-0.2, 0) is 6.54 Å². The monoisotopic (exact) mass is 266 g/mol. The average Bonchev–Trinajstić information content (AvgIpc) is 2.24. The number of hydrogen-bond acceptors (Lipinski definition) is 2. The zero-order valence-corrected chi connectivity index (χ0v) is 13.0. The second-order valence-electron chi connectivity index (χ2n) is 6.63. The Morgan fingerprint density at radius 3 is 2.42 bits per heavy atom. The second kappa shape index (κ2) is 6.38. The summed E-state index contributed by atoms with van der Waals surface area (Å²) in [6.45, 7) is 12.2. The number of anilines is 1. The minimum absolute atomic E-state index is 0.0280. The molecule has 0 saturated heterocycles. The highest BCUT2D eigenvalue weighted by molar-refractivity contribution is 5.54. The molecular weight excluding hydrogens is 239 g/mol. The van der Waals surface area contributed by atoms with Gasteiger partial charge in [0.05, 0.1) is 5.69 Å². The average molecular weight is 266 g/mol. The van der Waals surface area contributed by atoms with Crippen molar-refractivity contribution < 1.29 is 4.39 Å². The van der Waals surface area contributed by atoms with Crippen LogP contribution in [0.4, 0.5) is 10.1 Å². The van der Waals surface area contributed by atoms with Gasteiger partial charge in [-0.25, -0.2) is 4.39 Å². The van der Waals surface area contributed by atoms with E-state index in [2.05, 4.69) is 39.9 Å². The molecule has 0 aliphatic carbocycles. The van der Waals surface area contributed by atoms with Crippen LogP contribution in [0.2, 0.25) is 0 Å². The fourth-order valence-corrected chi connectivity index (χ4v) is 2.13. The smallest absolute Gasteiger partial charge is 0.146 e. The lowest BCUT2D eigenvalue weighted by Gasteiger charge is -2.27. The molecule has 0 saturated carbocycles. The van der Waals surface area contributed by atoms with Crippen molar-refractivity contribution in [2.75, 3.05) is 18.5 Å². The van der Waals surface area contributed by atoms with E-state index in [4.69, 9.17) is 0 Å². The van der Waals surface area contributed by atoms with Crippen LogP contribution in [0.25, 0.3) is 0 Å². The third kappa shape index (κ3) is 5.19. The summed E-state index contributed by atoms with van der Waals surface area (Å²) in [4.78, 5) is 2.01. The molecule has 0 aliphatic rings. The Morgan fingerprint density at radius 2 is 1.89 bits per heavy atom. The van der Waals surface area contributed by atoms with Crippen LogP contribution in [0.15, 0.2) is 18.2 Å². The van der Waals surface area contributed by atoms with Gasteiger partial charge < -0.3 is 10.2 Å². The largest absolute Gasteiger partial charge is 0.372 e. The first-order chi connectivity index (χ1) is 8.70. The van der Waals surface area contributed by atoms with Crippen molar-refractivity contribution in [3.05, 3.63) is 29.6 Å².